The van der Waals surface area contributed by atoms with Crippen LogP contribution in [0.5, 0.6) is 0 Å². The Balaban J connectivity index is 2.26. The fourth-order valence-corrected chi connectivity index (χ4v) is 1.84. The van der Waals surface area contributed by atoms with Crippen molar-refractivity contribution in [1.29, 1.82) is 0 Å². The van der Waals surface area contributed by atoms with Crippen molar-refractivity contribution in [3.8, 4) is 0 Å². The van der Waals surface area contributed by atoms with Crippen LogP contribution in [0.25, 0.3) is 0 Å². The lowest BCUT2D eigenvalue weighted by Crippen LogP contribution is -2.53. The van der Waals surface area contributed by atoms with E-state index in [4.69, 9.17) is 9.84 Å². The van der Waals surface area contributed by atoms with Gasteiger partial charge in [0.05, 0.1) is 0 Å². The number of urea groups is 1. The second-order valence-corrected chi connectivity index (χ2v) is 4.92. The number of carbonyl (C=O) groups excluding carboxylic acids is 2. The number of ether oxygens (including phenoxy) is 1. The topological polar surface area (TPSA) is 105 Å². The van der Waals surface area contributed by atoms with Crippen molar-refractivity contribution in [2.75, 3.05) is 13.2 Å². The summed E-state index contributed by atoms with van der Waals surface area (Å²) >= 11 is 0. The predicted octanol–water partition coefficient (Wildman–Crippen LogP) is 0.636. The Labute approximate surface area is 111 Å². The van der Waals surface area contributed by atoms with Gasteiger partial charge in [-0.1, -0.05) is 0 Å². The molecule has 0 spiro atoms. The zero-order valence-electron chi connectivity index (χ0n) is 11.0. The summed E-state index contributed by atoms with van der Waals surface area (Å²) in [6, 6.07) is -0.537. The van der Waals surface area contributed by atoms with Crippen LogP contribution in [0.2, 0.25) is 0 Å². The smallest absolute Gasteiger partial charge is 0.321 e. The van der Waals surface area contributed by atoms with E-state index in [-0.39, 0.29) is 24.8 Å². The summed E-state index contributed by atoms with van der Waals surface area (Å²) in [5.41, 5.74) is -0.357. The number of imide groups is 1. The lowest BCUT2D eigenvalue weighted by atomic mass is 9.93. The maximum absolute atomic E-state index is 11.6. The Bertz CT molecular complexity index is 350. The Kier molecular flexibility index (Phi) is 5.75. The Hall–Kier alpha value is -1.63. The molecule has 0 unspecified atom stereocenters. The van der Waals surface area contributed by atoms with Crippen molar-refractivity contribution < 1.29 is 24.2 Å². The lowest BCUT2D eigenvalue weighted by molar-refractivity contribution is -0.137. The van der Waals surface area contributed by atoms with Crippen molar-refractivity contribution in [2.24, 2.45) is 0 Å². The van der Waals surface area contributed by atoms with Crippen LogP contribution in [-0.4, -0.2) is 41.8 Å². The summed E-state index contributed by atoms with van der Waals surface area (Å²) in [5.74, 6) is -1.42. The van der Waals surface area contributed by atoms with E-state index in [1.54, 1.807) is 0 Å². The van der Waals surface area contributed by atoms with E-state index in [1.165, 1.54) is 0 Å². The predicted molar refractivity (Wildman–Crippen MR) is 66.6 cm³/mol. The van der Waals surface area contributed by atoms with Crippen LogP contribution in [0.4, 0.5) is 4.79 Å². The minimum absolute atomic E-state index is 0.0273. The fourth-order valence-electron chi connectivity index (χ4n) is 1.84. The minimum Gasteiger partial charge on any atom is -0.481 e. The number of carboxylic acid groups (broad SMARTS) is 1. The molecular formula is C12H20N2O5. The molecule has 1 aliphatic rings. The number of carboxylic acids is 1. The third kappa shape index (κ3) is 6.19. The van der Waals surface area contributed by atoms with Gasteiger partial charge < -0.3 is 15.2 Å². The molecule has 7 nitrogen and oxygen atoms in total. The van der Waals surface area contributed by atoms with Gasteiger partial charge in [0.1, 0.15) is 0 Å². The van der Waals surface area contributed by atoms with Crippen LogP contribution in [0.3, 0.4) is 0 Å². The van der Waals surface area contributed by atoms with Gasteiger partial charge in [0.2, 0.25) is 5.91 Å². The summed E-state index contributed by atoms with van der Waals surface area (Å²) in [6.07, 6.45) is 1.57. The number of hydrogen-bond acceptors (Lipinski definition) is 4. The Morgan fingerprint density at radius 1 is 1.21 bits per heavy atom. The third-order valence-electron chi connectivity index (χ3n) is 3.06. The Morgan fingerprint density at radius 3 is 2.42 bits per heavy atom. The molecule has 0 saturated carbocycles. The molecule has 1 saturated heterocycles. The largest absolute Gasteiger partial charge is 0.481 e. The van der Waals surface area contributed by atoms with Crippen molar-refractivity contribution >= 4 is 17.9 Å². The molecule has 1 heterocycles. The number of nitrogens with one attached hydrogen (secondary N) is 2. The van der Waals surface area contributed by atoms with E-state index in [2.05, 4.69) is 10.6 Å². The van der Waals surface area contributed by atoms with E-state index in [0.717, 1.165) is 0 Å². The first-order valence-electron chi connectivity index (χ1n) is 6.33. The second kappa shape index (κ2) is 7.08. The van der Waals surface area contributed by atoms with Gasteiger partial charge in [-0.3, -0.25) is 14.9 Å². The monoisotopic (exact) mass is 272 g/mol. The van der Waals surface area contributed by atoms with Gasteiger partial charge in [-0.2, -0.15) is 0 Å². The van der Waals surface area contributed by atoms with Gasteiger partial charge in [0.15, 0.2) is 0 Å². The zero-order chi connectivity index (χ0) is 14.3. The first-order valence-corrected chi connectivity index (χ1v) is 6.33. The molecule has 0 aromatic carbocycles. The highest BCUT2D eigenvalue weighted by Gasteiger charge is 2.29. The summed E-state index contributed by atoms with van der Waals surface area (Å²) in [7, 11) is 0. The van der Waals surface area contributed by atoms with Crippen molar-refractivity contribution in [2.45, 2.75) is 44.6 Å². The van der Waals surface area contributed by atoms with Crippen molar-refractivity contribution in [1.82, 2.24) is 10.6 Å². The van der Waals surface area contributed by atoms with E-state index in [1.807, 2.05) is 6.92 Å². The molecule has 0 atom stereocenters. The molecule has 3 N–H and O–H groups in total. The number of aliphatic carboxylic acids is 1. The summed E-state index contributed by atoms with van der Waals surface area (Å²) in [6.45, 7) is 3.08. The third-order valence-corrected chi connectivity index (χ3v) is 3.06. The molecule has 19 heavy (non-hydrogen) atoms. The van der Waals surface area contributed by atoms with Crippen LogP contribution in [0.1, 0.15) is 39.0 Å². The maximum atomic E-state index is 11.6. The molecule has 0 aliphatic carbocycles. The molecule has 1 fully saturated rings. The van der Waals surface area contributed by atoms with Crippen LogP contribution in [0.15, 0.2) is 0 Å². The first kappa shape index (κ1) is 15.4. The van der Waals surface area contributed by atoms with Gasteiger partial charge in [-0.25, -0.2) is 4.79 Å². The molecule has 1 rings (SSSR count). The van der Waals surface area contributed by atoms with E-state index in [9.17, 15) is 14.4 Å². The fraction of sp³-hybridized carbons (Fsp3) is 0.750. The van der Waals surface area contributed by atoms with Gasteiger partial charge in [0, 0.05) is 31.6 Å². The first-order chi connectivity index (χ1) is 8.91. The minimum atomic E-state index is -0.952. The van der Waals surface area contributed by atoms with Gasteiger partial charge in [0.25, 0.3) is 0 Å². The van der Waals surface area contributed by atoms with Crippen LogP contribution >= 0.6 is 0 Å². The molecule has 7 heteroatoms. The SMILES string of the molecule is CC1(NC(=O)NC(=O)CCCC(=O)O)CCOCC1. The van der Waals surface area contributed by atoms with Gasteiger partial charge in [-0.15, -0.1) is 0 Å². The van der Waals surface area contributed by atoms with Crippen LogP contribution in [0, 0.1) is 0 Å². The molecule has 0 radical (unpaired) electrons. The highest BCUT2D eigenvalue weighted by Crippen LogP contribution is 2.19. The van der Waals surface area contributed by atoms with Crippen molar-refractivity contribution in [3.63, 3.8) is 0 Å². The summed E-state index contributed by atoms with van der Waals surface area (Å²) < 4.78 is 5.21. The van der Waals surface area contributed by atoms with E-state index in [0.29, 0.717) is 26.1 Å². The molecule has 0 aromatic heterocycles. The molecule has 108 valence electrons. The average molecular weight is 272 g/mol. The Morgan fingerprint density at radius 2 is 1.84 bits per heavy atom. The number of hydrogen-bond donors (Lipinski definition) is 3. The van der Waals surface area contributed by atoms with Crippen molar-refractivity contribution in [3.05, 3.63) is 0 Å². The lowest BCUT2D eigenvalue weighted by Gasteiger charge is -2.34. The standard InChI is InChI=1S/C12H20N2O5/c1-12(5-7-19-8-6-12)14-11(18)13-9(15)3-2-4-10(16)17/h2-8H2,1H3,(H,16,17)(H2,13,14,15,18). The molecule has 1 aliphatic heterocycles. The second-order valence-electron chi connectivity index (χ2n) is 4.92. The number of rotatable bonds is 5. The maximum Gasteiger partial charge on any atom is 0.321 e. The van der Waals surface area contributed by atoms with Crippen LogP contribution < -0.4 is 10.6 Å². The van der Waals surface area contributed by atoms with Gasteiger partial charge >= 0.3 is 12.0 Å². The molecule has 3 amide bonds. The molecule has 0 bridgehead atoms. The van der Waals surface area contributed by atoms with E-state index >= 15 is 0 Å². The number of amides is 3. The molecular weight excluding hydrogens is 252 g/mol. The average Bonchev–Trinajstić information content (AvgIpc) is 2.28. The normalized spacial score (nSPS) is 17.5. The quantitative estimate of drug-likeness (QED) is 0.681. The number of carbonyl (C=O) groups is 3. The summed E-state index contributed by atoms with van der Waals surface area (Å²) in [5, 5.41) is 13.4. The highest BCUT2D eigenvalue weighted by molar-refractivity contribution is 5.94. The van der Waals surface area contributed by atoms with E-state index < -0.39 is 17.9 Å². The highest BCUT2D eigenvalue weighted by atomic mass is 16.5. The zero-order valence-corrected chi connectivity index (χ0v) is 11.0. The molecule has 0 aromatic rings. The summed E-state index contributed by atoms with van der Waals surface area (Å²) in [4.78, 5) is 33.3. The van der Waals surface area contributed by atoms with Gasteiger partial charge in [-0.05, 0) is 26.2 Å². The van der Waals surface area contributed by atoms with Crippen LogP contribution in [-0.2, 0) is 14.3 Å².